The Balaban J connectivity index is 1.78. The van der Waals surface area contributed by atoms with Crippen molar-refractivity contribution in [3.63, 3.8) is 0 Å². The SMILES string of the molecule is Nc1nc(SCc2ccc([N+](=O)[O-])cc2)nn1-c1c(Cl)cccc1Cl. The van der Waals surface area contributed by atoms with Crippen LogP contribution in [-0.4, -0.2) is 19.7 Å². The van der Waals surface area contributed by atoms with Crippen molar-refractivity contribution in [2.45, 2.75) is 10.9 Å². The molecule has 0 aliphatic rings. The third kappa shape index (κ3) is 3.87. The first-order chi connectivity index (χ1) is 12.0. The Kier molecular flexibility index (Phi) is 5.12. The van der Waals surface area contributed by atoms with Gasteiger partial charge in [0.25, 0.3) is 5.69 Å². The van der Waals surface area contributed by atoms with Crippen molar-refractivity contribution < 1.29 is 4.92 Å². The second-order valence-corrected chi connectivity index (χ2v) is 6.70. The van der Waals surface area contributed by atoms with E-state index in [9.17, 15) is 10.1 Å². The summed E-state index contributed by atoms with van der Waals surface area (Å²) in [6, 6.07) is 11.4. The largest absolute Gasteiger partial charge is 0.368 e. The van der Waals surface area contributed by atoms with Crippen LogP contribution >= 0.6 is 35.0 Å². The highest BCUT2D eigenvalue weighted by Gasteiger charge is 2.15. The van der Waals surface area contributed by atoms with Crippen LogP contribution < -0.4 is 5.73 Å². The van der Waals surface area contributed by atoms with E-state index in [0.717, 1.165) is 5.56 Å². The topological polar surface area (TPSA) is 99.9 Å². The number of nitro benzene ring substituents is 1. The number of benzene rings is 2. The van der Waals surface area contributed by atoms with Crippen LogP contribution in [0.4, 0.5) is 11.6 Å². The van der Waals surface area contributed by atoms with Gasteiger partial charge in [-0.3, -0.25) is 10.1 Å². The van der Waals surface area contributed by atoms with E-state index in [4.69, 9.17) is 28.9 Å². The van der Waals surface area contributed by atoms with Gasteiger partial charge in [0.15, 0.2) is 0 Å². The number of nitro groups is 1. The number of nitrogens with zero attached hydrogens (tertiary/aromatic N) is 4. The van der Waals surface area contributed by atoms with Crippen molar-refractivity contribution in [1.82, 2.24) is 14.8 Å². The molecule has 0 spiro atoms. The van der Waals surface area contributed by atoms with Crippen LogP contribution in [0.2, 0.25) is 10.0 Å². The fraction of sp³-hybridized carbons (Fsp3) is 0.0667. The van der Waals surface area contributed by atoms with Crippen molar-refractivity contribution in [2.24, 2.45) is 0 Å². The van der Waals surface area contributed by atoms with Gasteiger partial charge in [0.1, 0.15) is 5.69 Å². The van der Waals surface area contributed by atoms with Gasteiger partial charge in [0.2, 0.25) is 11.1 Å². The van der Waals surface area contributed by atoms with Crippen LogP contribution in [0.3, 0.4) is 0 Å². The number of rotatable bonds is 5. The molecule has 10 heteroatoms. The van der Waals surface area contributed by atoms with Gasteiger partial charge < -0.3 is 5.73 Å². The van der Waals surface area contributed by atoms with E-state index in [1.165, 1.54) is 28.6 Å². The van der Waals surface area contributed by atoms with E-state index in [2.05, 4.69) is 10.1 Å². The van der Waals surface area contributed by atoms with Crippen LogP contribution in [0.15, 0.2) is 47.6 Å². The van der Waals surface area contributed by atoms with Crippen molar-refractivity contribution in [2.75, 3.05) is 5.73 Å². The quantitative estimate of drug-likeness (QED) is 0.391. The highest BCUT2D eigenvalue weighted by molar-refractivity contribution is 7.98. The van der Waals surface area contributed by atoms with Crippen LogP contribution in [0, 0.1) is 10.1 Å². The summed E-state index contributed by atoms with van der Waals surface area (Å²) in [6.45, 7) is 0. The number of halogens is 2. The van der Waals surface area contributed by atoms with Crippen LogP contribution in [0.1, 0.15) is 5.56 Å². The summed E-state index contributed by atoms with van der Waals surface area (Å²) in [4.78, 5) is 14.4. The van der Waals surface area contributed by atoms with Gasteiger partial charge in [-0.25, -0.2) is 0 Å². The van der Waals surface area contributed by atoms with E-state index in [1.54, 1.807) is 30.3 Å². The summed E-state index contributed by atoms with van der Waals surface area (Å²) >= 11 is 13.7. The van der Waals surface area contributed by atoms with Gasteiger partial charge in [-0.1, -0.05) is 53.2 Å². The standard InChI is InChI=1S/C15H11Cl2N5O2S/c16-11-2-1-3-12(17)13(11)21-14(18)19-15(20-21)25-8-9-4-6-10(7-5-9)22(23)24/h1-7H,8H2,(H2,18,19,20). The van der Waals surface area contributed by atoms with Crippen molar-refractivity contribution in [1.29, 1.82) is 0 Å². The molecule has 0 aliphatic heterocycles. The monoisotopic (exact) mass is 395 g/mol. The molecular formula is C15H11Cl2N5O2S. The van der Waals surface area contributed by atoms with E-state index in [1.807, 2.05) is 0 Å². The molecule has 0 saturated carbocycles. The lowest BCUT2D eigenvalue weighted by atomic mass is 10.2. The molecule has 0 fully saturated rings. The van der Waals surface area contributed by atoms with Crippen LogP contribution in [0.25, 0.3) is 5.69 Å². The normalized spacial score (nSPS) is 10.8. The fourth-order valence-corrected chi connectivity index (χ4v) is 3.43. The predicted octanol–water partition coefficient (Wildman–Crippen LogP) is 4.36. The summed E-state index contributed by atoms with van der Waals surface area (Å²) < 4.78 is 1.39. The van der Waals surface area contributed by atoms with Gasteiger partial charge >= 0.3 is 0 Å². The van der Waals surface area contributed by atoms with Crippen LogP contribution in [0.5, 0.6) is 0 Å². The molecule has 1 heterocycles. The number of nitrogen functional groups attached to an aromatic ring is 1. The van der Waals surface area contributed by atoms with Gasteiger partial charge in [-0.2, -0.15) is 9.67 Å². The van der Waals surface area contributed by atoms with E-state index >= 15 is 0 Å². The van der Waals surface area contributed by atoms with E-state index in [-0.39, 0.29) is 11.6 Å². The van der Waals surface area contributed by atoms with Gasteiger partial charge in [-0.05, 0) is 17.7 Å². The molecule has 0 atom stereocenters. The second-order valence-electron chi connectivity index (χ2n) is 4.95. The minimum atomic E-state index is -0.436. The van der Waals surface area contributed by atoms with E-state index in [0.29, 0.717) is 26.6 Å². The molecule has 0 unspecified atom stereocenters. The Labute approximate surface area is 156 Å². The molecule has 1 aromatic heterocycles. The molecular weight excluding hydrogens is 385 g/mol. The second kappa shape index (κ2) is 7.30. The Morgan fingerprint density at radius 2 is 1.80 bits per heavy atom. The van der Waals surface area contributed by atoms with Crippen molar-refractivity contribution in [3.05, 3.63) is 68.2 Å². The molecule has 2 N–H and O–H groups in total. The first-order valence-electron chi connectivity index (χ1n) is 6.99. The molecule has 3 aromatic rings. The molecule has 2 aromatic carbocycles. The summed E-state index contributed by atoms with van der Waals surface area (Å²) in [5, 5.41) is 16.3. The third-order valence-electron chi connectivity index (χ3n) is 3.28. The predicted molar refractivity (Wildman–Crippen MR) is 98.4 cm³/mol. The zero-order valence-electron chi connectivity index (χ0n) is 12.6. The first kappa shape index (κ1) is 17.5. The lowest BCUT2D eigenvalue weighted by Crippen LogP contribution is -2.03. The summed E-state index contributed by atoms with van der Waals surface area (Å²) in [7, 11) is 0. The number of non-ortho nitro benzene ring substituents is 1. The molecule has 0 radical (unpaired) electrons. The Morgan fingerprint density at radius 3 is 2.40 bits per heavy atom. The van der Waals surface area contributed by atoms with Crippen molar-refractivity contribution >= 4 is 46.6 Å². The Hall–Kier alpha value is -2.29. The Morgan fingerprint density at radius 1 is 1.16 bits per heavy atom. The number of aromatic nitrogens is 3. The molecule has 0 aliphatic carbocycles. The van der Waals surface area contributed by atoms with Gasteiger partial charge in [0.05, 0.1) is 15.0 Å². The maximum Gasteiger partial charge on any atom is 0.269 e. The lowest BCUT2D eigenvalue weighted by Gasteiger charge is -2.06. The van der Waals surface area contributed by atoms with E-state index < -0.39 is 4.92 Å². The zero-order chi connectivity index (χ0) is 18.0. The summed E-state index contributed by atoms with van der Waals surface area (Å²) in [6.07, 6.45) is 0. The van der Waals surface area contributed by atoms with Gasteiger partial charge in [0, 0.05) is 17.9 Å². The smallest absolute Gasteiger partial charge is 0.269 e. The highest BCUT2D eigenvalue weighted by atomic mass is 35.5. The highest BCUT2D eigenvalue weighted by Crippen LogP contribution is 2.31. The molecule has 128 valence electrons. The van der Waals surface area contributed by atoms with Gasteiger partial charge in [-0.15, -0.1) is 5.10 Å². The average Bonchev–Trinajstić information content (AvgIpc) is 2.94. The number of thioether (sulfide) groups is 1. The number of anilines is 1. The number of hydrogen-bond donors (Lipinski definition) is 1. The minimum absolute atomic E-state index is 0.0498. The van der Waals surface area contributed by atoms with Crippen LogP contribution in [-0.2, 0) is 5.75 Å². The third-order valence-corrected chi connectivity index (χ3v) is 4.80. The fourth-order valence-electron chi connectivity index (χ4n) is 2.08. The lowest BCUT2D eigenvalue weighted by molar-refractivity contribution is -0.384. The molecule has 7 nitrogen and oxygen atoms in total. The molecule has 25 heavy (non-hydrogen) atoms. The van der Waals surface area contributed by atoms with Crippen molar-refractivity contribution in [3.8, 4) is 5.69 Å². The molecule has 0 bridgehead atoms. The molecule has 3 rings (SSSR count). The Bertz CT molecular complexity index is 910. The first-order valence-corrected chi connectivity index (χ1v) is 8.73. The number of nitrogens with two attached hydrogens (primary N) is 1. The molecule has 0 saturated heterocycles. The number of para-hydroxylation sites is 1. The summed E-state index contributed by atoms with van der Waals surface area (Å²) in [5.74, 6) is 0.707. The maximum atomic E-state index is 10.7. The number of hydrogen-bond acceptors (Lipinski definition) is 6. The maximum absolute atomic E-state index is 10.7. The molecule has 0 amide bonds. The summed E-state index contributed by atoms with van der Waals surface area (Å²) in [5.41, 5.74) is 7.34. The average molecular weight is 396 g/mol. The zero-order valence-corrected chi connectivity index (χ0v) is 14.9. The minimum Gasteiger partial charge on any atom is -0.368 e.